The van der Waals surface area contributed by atoms with E-state index in [0.717, 1.165) is 5.56 Å². The lowest BCUT2D eigenvalue weighted by molar-refractivity contribution is -0.175. The van der Waals surface area contributed by atoms with Crippen LogP contribution < -0.4 is 10.6 Å². The van der Waals surface area contributed by atoms with E-state index in [0.29, 0.717) is 12.1 Å². The summed E-state index contributed by atoms with van der Waals surface area (Å²) in [5, 5.41) is 8.72. The van der Waals surface area contributed by atoms with Crippen molar-refractivity contribution in [2.45, 2.75) is 64.8 Å². The Morgan fingerprint density at radius 1 is 1.00 bits per heavy atom. The van der Waals surface area contributed by atoms with Crippen LogP contribution >= 0.6 is 0 Å². The summed E-state index contributed by atoms with van der Waals surface area (Å²) in [7, 11) is 0. The first kappa shape index (κ1) is 28.9. The first-order chi connectivity index (χ1) is 17.8. The van der Waals surface area contributed by atoms with Gasteiger partial charge in [0.2, 0.25) is 17.6 Å². The Labute approximate surface area is 218 Å². The number of carbonyl (C=O) groups is 4. The molecule has 1 saturated heterocycles. The maximum Gasteiger partial charge on any atom is 0.452 e. The molecule has 206 valence electrons. The van der Waals surface area contributed by atoms with Gasteiger partial charge in [-0.1, -0.05) is 63.2 Å². The van der Waals surface area contributed by atoms with Crippen molar-refractivity contribution in [1.29, 1.82) is 0 Å². The molecule has 3 rings (SSSR count). The van der Waals surface area contributed by atoms with Crippen molar-refractivity contribution >= 4 is 23.5 Å². The average molecular weight is 537 g/mol. The Morgan fingerprint density at radius 2 is 1.63 bits per heavy atom. The minimum Gasteiger partial charge on any atom is -0.350 e. The molecule has 0 spiro atoms. The van der Waals surface area contributed by atoms with Crippen LogP contribution in [0.25, 0.3) is 11.3 Å². The third kappa shape index (κ3) is 6.59. The van der Waals surface area contributed by atoms with Crippen molar-refractivity contribution in [1.82, 2.24) is 20.7 Å². The number of alkyl halides is 3. The normalized spacial score (nSPS) is 17.4. The highest BCUT2D eigenvalue weighted by Gasteiger charge is 2.46. The first-order valence-corrected chi connectivity index (χ1v) is 12.4. The number of benzene rings is 1. The van der Waals surface area contributed by atoms with Crippen LogP contribution in [0.15, 0.2) is 40.9 Å². The summed E-state index contributed by atoms with van der Waals surface area (Å²) in [6, 6.07) is 6.60. The highest BCUT2D eigenvalue weighted by Crippen LogP contribution is 2.24. The summed E-state index contributed by atoms with van der Waals surface area (Å²) < 4.78 is 44.3. The fourth-order valence-corrected chi connectivity index (χ4v) is 4.30. The number of nitrogens with zero attached hydrogens (tertiary/aromatic N) is 2. The molecule has 0 bridgehead atoms. The minimum absolute atomic E-state index is 0.108. The molecule has 2 aromatic rings. The summed E-state index contributed by atoms with van der Waals surface area (Å²) in [5.74, 6) is -5.44. The smallest absolute Gasteiger partial charge is 0.350 e. The maximum atomic E-state index is 13.4. The van der Waals surface area contributed by atoms with Crippen molar-refractivity contribution in [2.24, 2.45) is 11.8 Å². The van der Waals surface area contributed by atoms with Crippen LogP contribution in [0.1, 0.15) is 51.1 Å². The van der Waals surface area contributed by atoms with Gasteiger partial charge in [-0.3, -0.25) is 19.2 Å². The van der Waals surface area contributed by atoms with E-state index in [1.807, 2.05) is 18.2 Å². The van der Waals surface area contributed by atoms with Gasteiger partial charge in [-0.05, 0) is 24.7 Å². The molecule has 9 nitrogen and oxygen atoms in total. The minimum atomic E-state index is -5.11. The lowest BCUT2D eigenvalue weighted by Crippen LogP contribution is -2.58. The van der Waals surface area contributed by atoms with Crippen molar-refractivity contribution in [3.05, 3.63) is 42.2 Å². The Bertz CT molecular complexity index is 1160. The summed E-state index contributed by atoms with van der Waals surface area (Å²) in [4.78, 5) is 52.4. The van der Waals surface area contributed by atoms with Gasteiger partial charge in [0.05, 0.1) is 6.04 Å². The lowest BCUT2D eigenvalue weighted by Gasteiger charge is -2.31. The van der Waals surface area contributed by atoms with Crippen molar-refractivity contribution in [3.8, 4) is 11.3 Å². The zero-order valence-corrected chi connectivity index (χ0v) is 21.5. The Hall–Kier alpha value is -3.70. The van der Waals surface area contributed by atoms with Gasteiger partial charge < -0.3 is 20.1 Å². The van der Waals surface area contributed by atoms with Gasteiger partial charge in [-0.25, -0.2) is 0 Å². The van der Waals surface area contributed by atoms with Gasteiger partial charge in [0.25, 0.3) is 11.7 Å². The second kappa shape index (κ2) is 11.8. The monoisotopic (exact) mass is 536 g/mol. The molecule has 0 radical (unpaired) electrons. The van der Waals surface area contributed by atoms with Crippen molar-refractivity contribution in [3.63, 3.8) is 0 Å². The highest BCUT2D eigenvalue weighted by atomic mass is 19.4. The number of likely N-dealkylation sites (tertiary alicyclic amines) is 1. The molecule has 1 aliphatic heterocycles. The molecule has 1 aromatic carbocycles. The van der Waals surface area contributed by atoms with Gasteiger partial charge in [0.1, 0.15) is 17.8 Å². The van der Waals surface area contributed by atoms with E-state index in [4.69, 9.17) is 4.52 Å². The Balaban J connectivity index is 1.73. The molecule has 1 aliphatic rings. The molecule has 0 aliphatic carbocycles. The van der Waals surface area contributed by atoms with Crippen LogP contribution in [0.5, 0.6) is 0 Å². The van der Waals surface area contributed by atoms with Gasteiger partial charge in [-0.15, -0.1) is 0 Å². The zero-order chi connectivity index (χ0) is 28.2. The fourth-order valence-electron chi connectivity index (χ4n) is 4.30. The van der Waals surface area contributed by atoms with Crippen molar-refractivity contribution in [2.75, 3.05) is 6.54 Å². The Morgan fingerprint density at radius 3 is 2.21 bits per heavy atom. The van der Waals surface area contributed by atoms with Crippen LogP contribution in [0.4, 0.5) is 13.2 Å². The molecular weight excluding hydrogens is 505 g/mol. The van der Waals surface area contributed by atoms with Crippen molar-refractivity contribution < 1.29 is 36.9 Å². The first-order valence-electron chi connectivity index (χ1n) is 12.4. The average Bonchev–Trinajstić information content (AvgIpc) is 3.55. The second-order valence-electron chi connectivity index (χ2n) is 9.92. The summed E-state index contributed by atoms with van der Waals surface area (Å²) in [6.45, 7) is 6.38. The number of carbonyl (C=O) groups excluding carboxylic acids is 4. The van der Waals surface area contributed by atoms with E-state index < -0.39 is 53.7 Å². The highest BCUT2D eigenvalue weighted by molar-refractivity contribution is 5.98. The topological polar surface area (TPSA) is 122 Å². The molecular formula is C26H31F3N4O5. The number of Topliss-reactive ketones (excluding diaryl/α,β-unsaturated/α-hetero) is 1. The number of hydrogen-bond donors (Lipinski definition) is 2. The predicted molar refractivity (Wildman–Crippen MR) is 131 cm³/mol. The van der Waals surface area contributed by atoms with Crippen LogP contribution in [0.3, 0.4) is 0 Å². The standard InChI is InChI=1S/C26H31F3N4O5/c1-14(2)20(22(34)26(27,28)29)30-23(35)18-11-8-12-33(18)25(37)21(15(3)4)31-24(36)19-13-17(32-38-19)16-9-6-5-7-10-16/h5-7,9-10,13-15,18,20-21H,8,11-12H2,1-4H3,(H,30,35)(H,31,36)/t18-,20-,21-/m0/s1. The summed E-state index contributed by atoms with van der Waals surface area (Å²) >= 11 is 0. The number of nitrogens with one attached hydrogen (secondary N) is 2. The van der Waals surface area contributed by atoms with Gasteiger partial charge >= 0.3 is 6.18 Å². The largest absolute Gasteiger partial charge is 0.452 e. The summed E-state index contributed by atoms with van der Waals surface area (Å²) in [5.41, 5.74) is 1.17. The van der Waals surface area contributed by atoms with Crippen LogP contribution in [-0.4, -0.2) is 64.4 Å². The molecule has 3 amide bonds. The second-order valence-corrected chi connectivity index (χ2v) is 9.92. The van der Waals surface area contributed by atoms with Gasteiger partial charge in [0.15, 0.2) is 0 Å². The SMILES string of the molecule is CC(C)[C@H](NC(=O)c1cc(-c2ccccc2)no1)C(=O)N1CCC[C@H]1C(=O)N[C@H](C(=O)C(F)(F)F)C(C)C. The van der Waals surface area contributed by atoms with Crippen LogP contribution in [0.2, 0.25) is 0 Å². The fraction of sp³-hybridized carbons (Fsp3) is 0.500. The summed E-state index contributed by atoms with van der Waals surface area (Å²) in [6.07, 6.45) is -4.46. The molecule has 38 heavy (non-hydrogen) atoms. The number of rotatable bonds is 9. The number of halogens is 3. The molecule has 0 saturated carbocycles. The Kier molecular flexibility index (Phi) is 8.95. The predicted octanol–water partition coefficient (Wildman–Crippen LogP) is 3.36. The molecule has 2 N–H and O–H groups in total. The molecule has 12 heteroatoms. The number of hydrogen-bond acceptors (Lipinski definition) is 6. The molecule has 3 atom stereocenters. The maximum absolute atomic E-state index is 13.4. The van der Waals surface area contributed by atoms with Gasteiger partial charge in [0, 0.05) is 18.2 Å². The molecule has 2 heterocycles. The van der Waals surface area contributed by atoms with E-state index in [-0.39, 0.29) is 24.6 Å². The van der Waals surface area contributed by atoms with Gasteiger partial charge in [-0.2, -0.15) is 13.2 Å². The zero-order valence-electron chi connectivity index (χ0n) is 21.5. The number of ketones is 1. The van der Waals surface area contributed by atoms with E-state index in [9.17, 15) is 32.3 Å². The number of aromatic nitrogens is 1. The molecule has 1 fully saturated rings. The van der Waals surface area contributed by atoms with Crippen LogP contribution in [0, 0.1) is 11.8 Å². The lowest BCUT2D eigenvalue weighted by atomic mass is 9.98. The van der Waals surface area contributed by atoms with E-state index in [2.05, 4.69) is 15.8 Å². The quantitative estimate of drug-likeness (QED) is 0.507. The number of amides is 3. The molecule has 1 aromatic heterocycles. The molecule has 0 unspecified atom stereocenters. The van der Waals surface area contributed by atoms with Crippen LogP contribution in [-0.2, 0) is 14.4 Å². The third-order valence-electron chi connectivity index (χ3n) is 6.39. The van der Waals surface area contributed by atoms with E-state index in [1.54, 1.807) is 26.0 Å². The third-order valence-corrected chi connectivity index (χ3v) is 6.39. The van der Waals surface area contributed by atoms with E-state index in [1.165, 1.54) is 24.8 Å². The van der Waals surface area contributed by atoms with E-state index >= 15 is 0 Å².